The third-order valence-electron chi connectivity index (χ3n) is 6.74. The van der Waals surface area contributed by atoms with Gasteiger partial charge >= 0.3 is 0 Å². The van der Waals surface area contributed by atoms with Crippen LogP contribution in [-0.2, 0) is 10.0 Å². The molecule has 0 saturated carbocycles. The number of rotatable bonds is 11. The van der Waals surface area contributed by atoms with Crippen LogP contribution in [0.1, 0.15) is 65.9 Å². The fourth-order valence-corrected chi connectivity index (χ4v) is 4.90. The van der Waals surface area contributed by atoms with Crippen molar-refractivity contribution in [3.8, 4) is 11.4 Å². The number of aromatic hydroxyl groups is 1. The molecule has 3 aromatic rings. The molecule has 35 heavy (non-hydrogen) atoms. The van der Waals surface area contributed by atoms with Crippen molar-refractivity contribution < 1.29 is 18.0 Å². The molecule has 1 atom stereocenters. The van der Waals surface area contributed by atoms with Crippen LogP contribution in [0.25, 0.3) is 16.7 Å². The highest BCUT2D eigenvalue weighted by molar-refractivity contribution is 7.89. The van der Waals surface area contributed by atoms with E-state index < -0.39 is 10.0 Å². The Morgan fingerprint density at radius 2 is 1.63 bits per heavy atom. The topological polar surface area (TPSA) is 97.1 Å². The molecule has 0 spiro atoms. The standard InChI is InChI=1S/C24H35N5O3S.C2H6/c1-6-18(4)20-16-19(33(31,32)25-14-11-15-29(5,7-2)8-3)17-23(24(20)30)28-26-21-12-9-10-13-22(21)27-28;1-2/h9-10,12-13,16-18,25H,6-8,11,14-15H2,1-5H3;1-2H3/p+1. The average molecular weight is 505 g/mol. The summed E-state index contributed by atoms with van der Waals surface area (Å²) in [5, 5.41) is 19.9. The third-order valence-corrected chi connectivity index (χ3v) is 8.18. The van der Waals surface area contributed by atoms with Crippen molar-refractivity contribution >= 4 is 21.1 Å². The van der Waals surface area contributed by atoms with Crippen LogP contribution in [0, 0.1) is 0 Å². The van der Waals surface area contributed by atoms with Gasteiger partial charge in [-0.2, -0.15) is 0 Å². The predicted molar refractivity (Wildman–Crippen MR) is 143 cm³/mol. The number of nitrogens with zero attached hydrogens (tertiary/aromatic N) is 4. The van der Waals surface area contributed by atoms with E-state index in [1.807, 2.05) is 52.0 Å². The molecule has 0 amide bonds. The summed E-state index contributed by atoms with van der Waals surface area (Å²) in [4.78, 5) is 1.42. The van der Waals surface area contributed by atoms with E-state index in [0.29, 0.717) is 23.1 Å². The number of fused-ring (bicyclic) bond motifs is 1. The van der Waals surface area contributed by atoms with Crippen molar-refractivity contribution in [2.75, 3.05) is 33.2 Å². The molecule has 3 rings (SSSR count). The molecule has 1 unspecified atom stereocenters. The van der Waals surface area contributed by atoms with Gasteiger partial charge < -0.3 is 9.59 Å². The molecule has 1 aromatic heterocycles. The number of hydrogen-bond donors (Lipinski definition) is 2. The maximum Gasteiger partial charge on any atom is 0.240 e. The van der Waals surface area contributed by atoms with Gasteiger partial charge in [-0.15, -0.1) is 15.0 Å². The van der Waals surface area contributed by atoms with Crippen LogP contribution >= 0.6 is 0 Å². The van der Waals surface area contributed by atoms with Gasteiger partial charge in [-0.1, -0.05) is 39.8 Å². The van der Waals surface area contributed by atoms with E-state index in [9.17, 15) is 13.5 Å². The van der Waals surface area contributed by atoms with Crippen LogP contribution in [0.2, 0.25) is 0 Å². The normalized spacial score (nSPS) is 12.9. The van der Waals surface area contributed by atoms with Crippen molar-refractivity contribution in [1.82, 2.24) is 19.7 Å². The molecule has 8 nitrogen and oxygen atoms in total. The Morgan fingerprint density at radius 3 is 2.14 bits per heavy atom. The van der Waals surface area contributed by atoms with Crippen molar-refractivity contribution in [2.24, 2.45) is 0 Å². The monoisotopic (exact) mass is 504 g/mol. The highest BCUT2D eigenvalue weighted by Gasteiger charge is 2.24. The third kappa shape index (κ3) is 6.80. The lowest BCUT2D eigenvalue weighted by molar-refractivity contribution is -0.906. The van der Waals surface area contributed by atoms with Gasteiger partial charge in [0.25, 0.3) is 0 Å². The predicted octanol–water partition coefficient (Wildman–Crippen LogP) is 4.82. The van der Waals surface area contributed by atoms with Crippen LogP contribution < -0.4 is 4.72 Å². The van der Waals surface area contributed by atoms with Crippen molar-refractivity contribution in [3.63, 3.8) is 0 Å². The van der Waals surface area contributed by atoms with Gasteiger partial charge in [-0.05, 0) is 50.5 Å². The number of phenols is 1. The van der Waals surface area contributed by atoms with E-state index in [0.717, 1.165) is 37.0 Å². The first-order chi connectivity index (χ1) is 16.6. The zero-order valence-electron chi connectivity index (χ0n) is 22.2. The number of phenolic OH excluding ortho intramolecular Hbond substituents is 1. The number of benzene rings is 2. The zero-order valence-corrected chi connectivity index (χ0v) is 23.1. The quantitative estimate of drug-likeness (QED) is 0.288. The summed E-state index contributed by atoms with van der Waals surface area (Å²) in [6, 6.07) is 10.4. The number of nitrogens with one attached hydrogen (secondary N) is 1. The first kappa shape index (κ1) is 28.7. The molecule has 0 saturated heterocycles. The maximum atomic E-state index is 13.2. The average Bonchev–Trinajstić information content (AvgIpc) is 3.31. The van der Waals surface area contributed by atoms with Gasteiger partial charge in [0.1, 0.15) is 22.5 Å². The molecular formula is C26H42N5O3S+. The number of aromatic nitrogens is 3. The van der Waals surface area contributed by atoms with E-state index in [-0.39, 0.29) is 22.3 Å². The molecule has 0 aliphatic rings. The summed E-state index contributed by atoms with van der Waals surface area (Å²) in [5.41, 5.74) is 2.16. The summed E-state index contributed by atoms with van der Waals surface area (Å²) < 4.78 is 30.0. The Hall–Kier alpha value is -2.49. The Bertz CT molecular complexity index is 1170. The Kier molecular flexibility index (Phi) is 10.2. The fourth-order valence-electron chi connectivity index (χ4n) is 3.78. The van der Waals surface area contributed by atoms with Gasteiger partial charge in [0.2, 0.25) is 10.0 Å². The molecule has 0 radical (unpaired) electrons. The van der Waals surface area contributed by atoms with Gasteiger partial charge in [0, 0.05) is 18.5 Å². The SMILES string of the molecule is CC.CCC(C)c1cc(S(=O)(=O)NCCC[N+](C)(CC)CC)cc(-n2nc3ccccc3n2)c1O. The Balaban J connectivity index is 0.00000210. The molecule has 2 N–H and O–H groups in total. The van der Waals surface area contributed by atoms with Crippen LogP contribution in [0.15, 0.2) is 41.3 Å². The number of sulfonamides is 1. The molecule has 194 valence electrons. The lowest BCUT2D eigenvalue weighted by Crippen LogP contribution is -2.45. The minimum atomic E-state index is -3.77. The summed E-state index contributed by atoms with van der Waals surface area (Å²) in [5.74, 6) is -0.0291. The van der Waals surface area contributed by atoms with Gasteiger partial charge in [-0.3, -0.25) is 0 Å². The largest absolute Gasteiger partial charge is 0.505 e. The highest BCUT2D eigenvalue weighted by atomic mass is 32.2. The first-order valence-electron chi connectivity index (χ1n) is 12.7. The minimum absolute atomic E-state index is 0.00237. The molecule has 0 fully saturated rings. The molecule has 0 aliphatic heterocycles. The van der Waals surface area contributed by atoms with Crippen molar-refractivity contribution in [2.45, 2.75) is 65.2 Å². The lowest BCUT2D eigenvalue weighted by atomic mass is 9.97. The van der Waals surface area contributed by atoms with E-state index in [4.69, 9.17) is 0 Å². The van der Waals surface area contributed by atoms with E-state index in [2.05, 4.69) is 35.8 Å². The first-order valence-corrected chi connectivity index (χ1v) is 14.1. The van der Waals surface area contributed by atoms with Gasteiger partial charge in [0.15, 0.2) is 0 Å². The van der Waals surface area contributed by atoms with E-state index >= 15 is 0 Å². The summed E-state index contributed by atoms with van der Waals surface area (Å²) >= 11 is 0. The molecule has 1 heterocycles. The summed E-state index contributed by atoms with van der Waals surface area (Å²) in [7, 11) is -1.59. The Labute approximate surface area is 210 Å². The smallest absolute Gasteiger partial charge is 0.240 e. The van der Waals surface area contributed by atoms with E-state index in [1.54, 1.807) is 6.07 Å². The van der Waals surface area contributed by atoms with Crippen LogP contribution in [-0.4, -0.2) is 66.2 Å². The summed E-state index contributed by atoms with van der Waals surface area (Å²) in [6.45, 7) is 15.5. The molecule has 0 bridgehead atoms. The maximum absolute atomic E-state index is 13.2. The molecule has 2 aromatic carbocycles. The zero-order chi connectivity index (χ0) is 26.2. The van der Waals surface area contributed by atoms with Crippen molar-refractivity contribution in [3.05, 3.63) is 42.0 Å². The lowest BCUT2D eigenvalue weighted by Gasteiger charge is -2.32. The van der Waals surface area contributed by atoms with Gasteiger partial charge in [-0.25, -0.2) is 13.1 Å². The Morgan fingerprint density at radius 1 is 1.06 bits per heavy atom. The van der Waals surface area contributed by atoms with Gasteiger partial charge in [0.05, 0.1) is 31.6 Å². The second-order valence-corrected chi connectivity index (χ2v) is 10.7. The molecule has 0 aliphatic carbocycles. The highest BCUT2D eigenvalue weighted by Crippen LogP contribution is 2.35. The minimum Gasteiger partial charge on any atom is -0.505 e. The second kappa shape index (κ2) is 12.5. The number of quaternary nitrogens is 1. The van der Waals surface area contributed by atoms with Crippen LogP contribution in [0.4, 0.5) is 0 Å². The molecule has 9 heteroatoms. The molecular weight excluding hydrogens is 462 g/mol. The van der Waals surface area contributed by atoms with Crippen LogP contribution in [0.5, 0.6) is 5.75 Å². The van der Waals surface area contributed by atoms with Crippen LogP contribution in [0.3, 0.4) is 0 Å². The fraction of sp³-hybridized carbons (Fsp3) is 0.538. The second-order valence-electron chi connectivity index (χ2n) is 8.89. The van der Waals surface area contributed by atoms with Crippen molar-refractivity contribution in [1.29, 1.82) is 0 Å². The number of hydrogen-bond acceptors (Lipinski definition) is 5. The van der Waals surface area contributed by atoms with E-state index in [1.165, 1.54) is 10.9 Å². The summed E-state index contributed by atoms with van der Waals surface area (Å²) in [6.07, 6.45) is 1.50.